The Morgan fingerprint density at radius 2 is 1.69 bits per heavy atom. The van der Waals surface area contributed by atoms with Crippen molar-refractivity contribution in [2.24, 2.45) is 52.3 Å². The number of amides is 1. The Kier molecular flexibility index (Phi) is 8.23. The first-order valence-corrected chi connectivity index (χ1v) is 16.0. The van der Waals surface area contributed by atoms with Gasteiger partial charge in [-0.25, -0.2) is 0 Å². The van der Waals surface area contributed by atoms with E-state index in [0.717, 1.165) is 51.4 Å². The highest BCUT2D eigenvalue weighted by molar-refractivity contribution is 7.85. The minimum Gasteiger partial charge on any atom is -0.393 e. The van der Waals surface area contributed by atoms with Gasteiger partial charge in [0.05, 0.1) is 18.0 Å². The van der Waals surface area contributed by atoms with Gasteiger partial charge in [-0.3, -0.25) is 9.35 Å². The third-order valence-electron chi connectivity index (χ3n) is 11.7. The zero-order chi connectivity index (χ0) is 26.5. The summed E-state index contributed by atoms with van der Waals surface area (Å²) in [7, 11) is -4.07. The number of hydrogen-bond acceptors (Lipinski definition) is 5. The standard InChI is InChI=1S/C28H49NO6S/c1-5-19-23-16-18(30)10-12-28(23,4)22-11-13-27(3)20(7-8-21(27)25(22)26(19)32)17(2)6-9-24(31)29-14-15-36(33,34)35/h17-23,25-26,30,32H,5-16H2,1-4H3,(H,29,31)(H,33,34,35)/t17-,18+,19-,20-,21+,22+,23+,25+,26-,27-,28-/m1/s1. The van der Waals surface area contributed by atoms with Crippen molar-refractivity contribution in [3.63, 3.8) is 0 Å². The van der Waals surface area contributed by atoms with Crippen molar-refractivity contribution in [3.8, 4) is 0 Å². The Labute approximate surface area is 217 Å². The molecule has 36 heavy (non-hydrogen) atoms. The number of aliphatic hydroxyl groups excluding tert-OH is 2. The molecule has 0 heterocycles. The second-order valence-electron chi connectivity index (χ2n) is 13.3. The summed E-state index contributed by atoms with van der Waals surface area (Å²) >= 11 is 0. The van der Waals surface area contributed by atoms with E-state index in [4.69, 9.17) is 4.55 Å². The molecular weight excluding hydrogens is 478 g/mol. The van der Waals surface area contributed by atoms with Gasteiger partial charge >= 0.3 is 0 Å². The van der Waals surface area contributed by atoms with E-state index in [2.05, 4.69) is 33.0 Å². The Morgan fingerprint density at radius 1 is 1.03 bits per heavy atom. The number of carbonyl (C=O) groups is 1. The fourth-order valence-corrected chi connectivity index (χ4v) is 10.3. The monoisotopic (exact) mass is 527 g/mol. The van der Waals surface area contributed by atoms with E-state index < -0.39 is 15.9 Å². The molecule has 0 aromatic heterocycles. The smallest absolute Gasteiger partial charge is 0.266 e. The molecule has 4 aliphatic carbocycles. The number of rotatable bonds is 8. The quantitative estimate of drug-likeness (QED) is 0.353. The van der Waals surface area contributed by atoms with Gasteiger partial charge in [-0.1, -0.05) is 34.1 Å². The summed E-state index contributed by atoms with van der Waals surface area (Å²) in [6, 6.07) is 0. The van der Waals surface area contributed by atoms with Crippen LogP contribution in [0.3, 0.4) is 0 Å². The maximum Gasteiger partial charge on any atom is 0.266 e. The van der Waals surface area contributed by atoms with E-state index in [1.54, 1.807) is 0 Å². The molecule has 4 aliphatic rings. The first-order valence-electron chi connectivity index (χ1n) is 14.4. The summed E-state index contributed by atoms with van der Waals surface area (Å²) in [6.07, 6.45) is 8.95. The van der Waals surface area contributed by atoms with Crippen LogP contribution in [0.15, 0.2) is 0 Å². The molecular formula is C28H49NO6S. The van der Waals surface area contributed by atoms with Crippen molar-refractivity contribution in [1.29, 1.82) is 0 Å². The summed E-state index contributed by atoms with van der Waals surface area (Å²) in [5, 5.41) is 24.9. The maximum absolute atomic E-state index is 12.3. The van der Waals surface area contributed by atoms with Crippen LogP contribution < -0.4 is 5.32 Å². The molecule has 4 fully saturated rings. The zero-order valence-corrected chi connectivity index (χ0v) is 23.5. The SMILES string of the molecule is CC[C@H]1[C@@H](O)[C@@H]2[C@H](CC[C@]3(C)[C@@H]([C@H](C)CCC(=O)NCCS(=O)(=O)O)CC[C@@H]23)[C@@]2(C)CC[C@H](O)C[C@@H]12. The summed E-state index contributed by atoms with van der Waals surface area (Å²) in [5.41, 5.74) is 0.369. The normalized spacial score (nSPS) is 45.3. The van der Waals surface area contributed by atoms with Crippen LogP contribution in [-0.4, -0.2) is 53.6 Å². The molecule has 8 heteroatoms. The van der Waals surface area contributed by atoms with Gasteiger partial charge < -0.3 is 15.5 Å². The predicted octanol–water partition coefficient (Wildman–Crippen LogP) is 4.03. The molecule has 0 saturated heterocycles. The summed E-state index contributed by atoms with van der Waals surface area (Å²) in [4.78, 5) is 12.3. The van der Waals surface area contributed by atoms with Gasteiger partial charge in [-0.05, 0) is 104 Å². The molecule has 4 rings (SSSR count). The predicted molar refractivity (Wildman–Crippen MR) is 140 cm³/mol. The average Bonchev–Trinajstić information content (AvgIpc) is 3.15. The third kappa shape index (κ3) is 5.13. The molecule has 208 valence electrons. The highest BCUT2D eigenvalue weighted by atomic mass is 32.2. The van der Waals surface area contributed by atoms with Gasteiger partial charge in [0.15, 0.2) is 0 Å². The topological polar surface area (TPSA) is 124 Å². The summed E-state index contributed by atoms with van der Waals surface area (Å²) in [6.45, 7) is 9.31. The molecule has 4 N–H and O–H groups in total. The first-order chi connectivity index (χ1) is 16.8. The number of aliphatic hydroxyl groups is 2. The van der Waals surface area contributed by atoms with Crippen LogP contribution >= 0.6 is 0 Å². The van der Waals surface area contributed by atoms with Crippen LogP contribution in [0.1, 0.15) is 91.9 Å². The minimum atomic E-state index is -4.07. The Balaban J connectivity index is 1.44. The molecule has 0 radical (unpaired) electrons. The van der Waals surface area contributed by atoms with Gasteiger partial charge in [-0.15, -0.1) is 0 Å². The van der Waals surface area contributed by atoms with E-state index >= 15 is 0 Å². The van der Waals surface area contributed by atoms with Gasteiger partial charge in [0.1, 0.15) is 0 Å². The van der Waals surface area contributed by atoms with Crippen molar-refractivity contribution in [2.75, 3.05) is 12.3 Å². The van der Waals surface area contributed by atoms with Gasteiger partial charge in [0, 0.05) is 13.0 Å². The molecule has 7 nitrogen and oxygen atoms in total. The number of carbonyl (C=O) groups excluding carboxylic acids is 1. The van der Waals surface area contributed by atoms with Gasteiger partial charge in [0.2, 0.25) is 5.91 Å². The molecule has 1 amide bonds. The second kappa shape index (κ2) is 10.5. The highest BCUT2D eigenvalue weighted by Crippen LogP contribution is 2.69. The fraction of sp³-hybridized carbons (Fsp3) is 0.964. The van der Waals surface area contributed by atoms with Crippen LogP contribution in [-0.2, 0) is 14.9 Å². The molecule has 0 aromatic rings. The molecule has 0 aliphatic heterocycles. The Morgan fingerprint density at radius 3 is 2.36 bits per heavy atom. The van der Waals surface area contributed by atoms with E-state index in [9.17, 15) is 23.4 Å². The Bertz CT molecular complexity index is 910. The van der Waals surface area contributed by atoms with Crippen LogP contribution in [0.25, 0.3) is 0 Å². The van der Waals surface area contributed by atoms with E-state index in [1.807, 2.05) is 0 Å². The molecule has 0 unspecified atom stereocenters. The number of fused-ring (bicyclic) bond motifs is 5. The average molecular weight is 528 g/mol. The molecule has 0 bridgehead atoms. The maximum atomic E-state index is 12.3. The molecule has 4 saturated carbocycles. The molecule has 0 spiro atoms. The third-order valence-corrected chi connectivity index (χ3v) is 12.4. The minimum absolute atomic E-state index is 0.0639. The zero-order valence-electron chi connectivity index (χ0n) is 22.7. The van der Waals surface area contributed by atoms with Crippen molar-refractivity contribution in [1.82, 2.24) is 5.32 Å². The molecule has 11 atom stereocenters. The fourth-order valence-electron chi connectivity index (χ4n) is 9.90. The lowest BCUT2D eigenvalue weighted by molar-refractivity contribution is -0.203. The van der Waals surface area contributed by atoms with E-state index in [1.165, 1.54) is 6.42 Å². The number of hydrogen-bond donors (Lipinski definition) is 4. The lowest BCUT2D eigenvalue weighted by atomic mass is 9.41. The largest absolute Gasteiger partial charge is 0.393 e. The highest BCUT2D eigenvalue weighted by Gasteiger charge is 2.64. The second-order valence-corrected chi connectivity index (χ2v) is 14.8. The van der Waals surface area contributed by atoms with Crippen LogP contribution in [0.5, 0.6) is 0 Å². The van der Waals surface area contributed by atoms with Crippen molar-refractivity contribution < 1.29 is 28.0 Å². The summed E-state index contributed by atoms with van der Waals surface area (Å²) < 4.78 is 30.6. The summed E-state index contributed by atoms with van der Waals surface area (Å²) in [5.74, 6) is 2.28. The van der Waals surface area contributed by atoms with Gasteiger partial charge in [0.25, 0.3) is 10.1 Å². The van der Waals surface area contributed by atoms with Gasteiger partial charge in [-0.2, -0.15) is 8.42 Å². The van der Waals surface area contributed by atoms with Crippen molar-refractivity contribution in [3.05, 3.63) is 0 Å². The van der Waals surface area contributed by atoms with E-state index in [0.29, 0.717) is 41.9 Å². The molecule has 0 aromatic carbocycles. The van der Waals surface area contributed by atoms with Crippen LogP contribution in [0.4, 0.5) is 0 Å². The number of nitrogens with one attached hydrogen (secondary N) is 1. The lowest BCUT2D eigenvalue weighted by Gasteiger charge is -2.64. The van der Waals surface area contributed by atoms with E-state index in [-0.39, 0.29) is 41.4 Å². The van der Waals surface area contributed by atoms with Crippen molar-refractivity contribution in [2.45, 2.75) is 104 Å². The Hall–Kier alpha value is -0.700. The first kappa shape index (κ1) is 28.3. The van der Waals surface area contributed by atoms with Crippen LogP contribution in [0.2, 0.25) is 0 Å². The van der Waals surface area contributed by atoms with Crippen LogP contribution in [0, 0.1) is 52.3 Å². The lowest BCUT2D eigenvalue weighted by Crippen LogP contribution is -2.62. The van der Waals surface area contributed by atoms with Crippen molar-refractivity contribution >= 4 is 16.0 Å².